The molecule has 0 saturated heterocycles. The van der Waals surface area contributed by atoms with Crippen LogP contribution in [-0.4, -0.2) is 38.3 Å². The van der Waals surface area contributed by atoms with Gasteiger partial charge in [0.05, 0.1) is 10.6 Å². The molecule has 0 amide bonds. The number of hydrogen-bond donors (Lipinski definition) is 1. The van der Waals surface area contributed by atoms with Gasteiger partial charge in [0, 0.05) is 12.2 Å². The lowest BCUT2D eigenvalue weighted by Gasteiger charge is -2.21. The second-order valence-corrected chi connectivity index (χ2v) is 6.48. The molecule has 0 spiro atoms. The van der Waals surface area contributed by atoms with E-state index in [0.717, 1.165) is 0 Å². The van der Waals surface area contributed by atoms with Crippen LogP contribution in [0.5, 0.6) is 0 Å². The van der Waals surface area contributed by atoms with Gasteiger partial charge in [0.25, 0.3) is 0 Å². The molecule has 0 saturated carbocycles. The standard InChI is InChI=1S/C14H19NO4S/c1-3-9-15(11-14(16)17)12-5-7-13(8-6-12)20(18,19)10-4-2/h3,5-8H,1,4,9-11H2,2H3,(H,16,17). The molecule has 1 rings (SSSR count). The van der Waals surface area contributed by atoms with Gasteiger partial charge in [0.15, 0.2) is 9.84 Å². The van der Waals surface area contributed by atoms with Crippen molar-refractivity contribution in [2.75, 3.05) is 23.7 Å². The first-order valence-electron chi connectivity index (χ1n) is 6.31. The number of carboxylic acid groups (broad SMARTS) is 1. The summed E-state index contributed by atoms with van der Waals surface area (Å²) in [6.45, 7) is 5.62. The third-order valence-corrected chi connectivity index (χ3v) is 4.65. The van der Waals surface area contributed by atoms with Crippen LogP contribution in [0.25, 0.3) is 0 Å². The average Bonchev–Trinajstić information content (AvgIpc) is 2.38. The second-order valence-electron chi connectivity index (χ2n) is 4.38. The molecule has 1 aromatic carbocycles. The first-order valence-corrected chi connectivity index (χ1v) is 7.96. The first kappa shape index (κ1) is 16.2. The van der Waals surface area contributed by atoms with Gasteiger partial charge in [-0.05, 0) is 30.7 Å². The Hall–Kier alpha value is -1.82. The zero-order valence-electron chi connectivity index (χ0n) is 11.4. The minimum Gasteiger partial charge on any atom is -0.480 e. The van der Waals surface area contributed by atoms with Crippen molar-refractivity contribution in [3.05, 3.63) is 36.9 Å². The monoisotopic (exact) mass is 297 g/mol. The van der Waals surface area contributed by atoms with Gasteiger partial charge in [-0.2, -0.15) is 0 Å². The van der Waals surface area contributed by atoms with E-state index in [-0.39, 0.29) is 17.2 Å². The van der Waals surface area contributed by atoms with Gasteiger partial charge in [-0.25, -0.2) is 8.42 Å². The Labute approximate surface area is 119 Å². The van der Waals surface area contributed by atoms with Crippen LogP contribution in [0.4, 0.5) is 5.69 Å². The lowest BCUT2D eigenvalue weighted by molar-refractivity contribution is -0.135. The number of carboxylic acids is 1. The summed E-state index contributed by atoms with van der Waals surface area (Å²) in [5, 5.41) is 8.85. The minimum atomic E-state index is -3.24. The quantitative estimate of drug-likeness (QED) is 0.742. The number of benzene rings is 1. The van der Waals surface area contributed by atoms with Gasteiger partial charge in [-0.1, -0.05) is 13.0 Å². The van der Waals surface area contributed by atoms with Crippen molar-refractivity contribution in [3.63, 3.8) is 0 Å². The predicted octanol–water partition coefficient (Wildman–Crippen LogP) is 1.95. The summed E-state index contributed by atoms with van der Waals surface area (Å²) in [7, 11) is -3.24. The molecule has 0 aliphatic rings. The molecule has 0 bridgehead atoms. The van der Waals surface area contributed by atoms with Gasteiger partial charge < -0.3 is 10.0 Å². The van der Waals surface area contributed by atoms with Crippen molar-refractivity contribution in [3.8, 4) is 0 Å². The predicted molar refractivity (Wildman–Crippen MR) is 78.8 cm³/mol. The van der Waals surface area contributed by atoms with E-state index in [9.17, 15) is 13.2 Å². The fraction of sp³-hybridized carbons (Fsp3) is 0.357. The molecule has 0 aromatic heterocycles. The van der Waals surface area contributed by atoms with Crippen molar-refractivity contribution < 1.29 is 18.3 Å². The molecular weight excluding hydrogens is 278 g/mol. The van der Waals surface area contributed by atoms with E-state index < -0.39 is 15.8 Å². The number of hydrogen-bond acceptors (Lipinski definition) is 4. The number of aliphatic carboxylic acids is 1. The summed E-state index contributed by atoms with van der Waals surface area (Å²) < 4.78 is 23.8. The molecular formula is C14H19NO4S. The number of sulfone groups is 1. The maximum Gasteiger partial charge on any atom is 0.323 e. The smallest absolute Gasteiger partial charge is 0.323 e. The highest BCUT2D eigenvalue weighted by atomic mass is 32.2. The Morgan fingerprint density at radius 1 is 1.35 bits per heavy atom. The van der Waals surface area contributed by atoms with Crippen LogP contribution in [0.2, 0.25) is 0 Å². The minimum absolute atomic E-state index is 0.109. The Morgan fingerprint density at radius 3 is 2.40 bits per heavy atom. The highest BCUT2D eigenvalue weighted by Gasteiger charge is 2.14. The van der Waals surface area contributed by atoms with E-state index in [1.165, 1.54) is 12.1 Å². The molecule has 1 N–H and O–H groups in total. The van der Waals surface area contributed by atoms with Crippen LogP contribution in [0.15, 0.2) is 41.8 Å². The zero-order chi connectivity index (χ0) is 15.2. The van der Waals surface area contributed by atoms with Crippen LogP contribution in [-0.2, 0) is 14.6 Å². The lowest BCUT2D eigenvalue weighted by Crippen LogP contribution is -2.29. The number of nitrogens with zero attached hydrogens (tertiary/aromatic N) is 1. The Bertz CT molecular complexity index is 563. The van der Waals surface area contributed by atoms with Crippen LogP contribution >= 0.6 is 0 Å². The van der Waals surface area contributed by atoms with Crippen LogP contribution < -0.4 is 4.90 Å². The summed E-state index contributed by atoms with van der Waals surface area (Å²) in [6.07, 6.45) is 2.16. The van der Waals surface area contributed by atoms with Crippen molar-refractivity contribution in [2.45, 2.75) is 18.2 Å². The third-order valence-electron chi connectivity index (χ3n) is 2.71. The molecule has 20 heavy (non-hydrogen) atoms. The summed E-state index contributed by atoms with van der Waals surface area (Å²) in [5.74, 6) is -0.841. The third kappa shape index (κ3) is 4.38. The summed E-state index contributed by atoms with van der Waals surface area (Å²) in [6, 6.07) is 6.26. The van der Waals surface area contributed by atoms with E-state index in [1.54, 1.807) is 23.1 Å². The van der Waals surface area contributed by atoms with Gasteiger partial charge in [-0.3, -0.25) is 4.79 Å². The van der Waals surface area contributed by atoms with Gasteiger partial charge in [0.1, 0.15) is 6.54 Å². The van der Waals surface area contributed by atoms with E-state index in [1.807, 2.05) is 6.92 Å². The molecule has 0 heterocycles. The largest absolute Gasteiger partial charge is 0.480 e. The Morgan fingerprint density at radius 2 is 1.95 bits per heavy atom. The Balaban J connectivity index is 2.99. The first-order chi connectivity index (χ1) is 9.40. The average molecular weight is 297 g/mol. The lowest BCUT2D eigenvalue weighted by atomic mass is 10.3. The molecule has 1 aromatic rings. The SMILES string of the molecule is C=CCN(CC(=O)O)c1ccc(S(=O)(=O)CCC)cc1. The molecule has 0 aliphatic carbocycles. The number of carbonyl (C=O) groups is 1. The Kier molecular flexibility index (Phi) is 5.76. The summed E-state index contributed by atoms with van der Waals surface area (Å²) >= 11 is 0. The van der Waals surface area contributed by atoms with Crippen LogP contribution in [0.1, 0.15) is 13.3 Å². The van der Waals surface area contributed by atoms with Crippen molar-refractivity contribution in [2.24, 2.45) is 0 Å². The highest BCUT2D eigenvalue weighted by molar-refractivity contribution is 7.91. The molecule has 0 radical (unpaired) electrons. The normalized spacial score (nSPS) is 11.1. The van der Waals surface area contributed by atoms with Crippen molar-refractivity contribution in [1.82, 2.24) is 0 Å². The molecule has 110 valence electrons. The molecule has 0 atom stereocenters. The molecule has 5 nitrogen and oxygen atoms in total. The highest BCUT2D eigenvalue weighted by Crippen LogP contribution is 2.19. The van der Waals surface area contributed by atoms with E-state index in [0.29, 0.717) is 18.7 Å². The molecule has 0 aliphatic heterocycles. The summed E-state index contributed by atoms with van der Waals surface area (Å²) in [5.41, 5.74) is 0.655. The van der Waals surface area contributed by atoms with Gasteiger partial charge in [0.2, 0.25) is 0 Å². The van der Waals surface area contributed by atoms with Gasteiger partial charge >= 0.3 is 5.97 Å². The van der Waals surface area contributed by atoms with Gasteiger partial charge in [-0.15, -0.1) is 6.58 Å². The van der Waals surface area contributed by atoms with E-state index in [2.05, 4.69) is 6.58 Å². The van der Waals surface area contributed by atoms with E-state index >= 15 is 0 Å². The topological polar surface area (TPSA) is 74.7 Å². The van der Waals surface area contributed by atoms with E-state index in [4.69, 9.17) is 5.11 Å². The maximum atomic E-state index is 11.9. The maximum absolute atomic E-state index is 11.9. The summed E-state index contributed by atoms with van der Waals surface area (Å²) in [4.78, 5) is 12.7. The number of anilines is 1. The fourth-order valence-corrected chi connectivity index (χ4v) is 3.16. The van der Waals surface area contributed by atoms with Crippen LogP contribution in [0.3, 0.4) is 0 Å². The second kappa shape index (κ2) is 7.09. The van der Waals surface area contributed by atoms with Crippen molar-refractivity contribution >= 4 is 21.5 Å². The fourth-order valence-electron chi connectivity index (χ4n) is 1.83. The van der Waals surface area contributed by atoms with Crippen LogP contribution in [0, 0.1) is 0 Å². The number of rotatable bonds is 8. The molecule has 6 heteroatoms. The molecule has 0 unspecified atom stereocenters. The van der Waals surface area contributed by atoms with Crippen molar-refractivity contribution in [1.29, 1.82) is 0 Å². The zero-order valence-corrected chi connectivity index (χ0v) is 12.3. The molecule has 0 fully saturated rings.